The number of nitrogens with zero attached hydrogens (tertiary/aromatic N) is 2. The molecule has 1 N–H and O–H groups in total. The minimum atomic E-state index is -0.257. The van der Waals surface area contributed by atoms with E-state index in [4.69, 9.17) is 4.74 Å². The van der Waals surface area contributed by atoms with Crippen LogP contribution < -0.4 is 10.1 Å². The van der Waals surface area contributed by atoms with E-state index in [2.05, 4.69) is 86.6 Å². The summed E-state index contributed by atoms with van der Waals surface area (Å²) in [6.07, 6.45) is 4.83. The first-order valence-electron chi connectivity index (χ1n) is 14.1. The zero-order valence-electron chi connectivity index (χ0n) is 23.5. The first-order valence-corrected chi connectivity index (χ1v) is 14.1. The molecule has 0 amide bonds. The van der Waals surface area contributed by atoms with Gasteiger partial charge in [-0.15, -0.1) is 0 Å². The third-order valence-corrected chi connectivity index (χ3v) is 8.43. The van der Waals surface area contributed by atoms with Gasteiger partial charge in [-0.2, -0.15) is 5.10 Å². The Balaban J connectivity index is 1.36. The molecule has 0 saturated carbocycles. The zero-order chi connectivity index (χ0) is 27.5. The van der Waals surface area contributed by atoms with Gasteiger partial charge < -0.3 is 10.1 Å². The zero-order valence-corrected chi connectivity index (χ0v) is 23.5. The number of nitrogens with one attached hydrogen (secondary N) is 1. The van der Waals surface area contributed by atoms with Crippen molar-refractivity contribution in [1.82, 2.24) is 9.78 Å². The number of hydrogen-bond acceptors (Lipinski definition) is 4. The lowest BCUT2D eigenvalue weighted by atomic mass is 9.71. The van der Waals surface area contributed by atoms with E-state index in [1.807, 2.05) is 41.1 Å². The lowest BCUT2D eigenvalue weighted by molar-refractivity contribution is 0.0944. The van der Waals surface area contributed by atoms with Gasteiger partial charge in [0.1, 0.15) is 18.2 Å². The minimum absolute atomic E-state index is 0.126. The molecule has 5 rings (SSSR count). The second kappa shape index (κ2) is 11.1. The Morgan fingerprint density at radius 1 is 0.974 bits per heavy atom. The third kappa shape index (κ3) is 5.49. The molecule has 1 aromatic heterocycles. The summed E-state index contributed by atoms with van der Waals surface area (Å²) in [6, 6.07) is 29.1. The molecule has 0 fully saturated rings. The summed E-state index contributed by atoms with van der Waals surface area (Å²) in [7, 11) is 0. The number of rotatable bonds is 10. The fourth-order valence-corrected chi connectivity index (χ4v) is 5.90. The Morgan fingerprint density at radius 2 is 1.62 bits per heavy atom. The van der Waals surface area contributed by atoms with E-state index < -0.39 is 0 Å². The highest BCUT2D eigenvalue weighted by Crippen LogP contribution is 2.42. The lowest BCUT2D eigenvalue weighted by Gasteiger charge is -2.38. The van der Waals surface area contributed by atoms with Crippen molar-refractivity contribution in [2.75, 3.05) is 5.32 Å². The van der Waals surface area contributed by atoms with Gasteiger partial charge in [-0.25, -0.2) is 4.68 Å². The largest absolute Gasteiger partial charge is 0.489 e. The summed E-state index contributed by atoms with van der Waals surface area (Å²) in [5.74, 6) is 1.79. The highest BCUT2D eigenvalue weighted by Gasteiger charge is 2.38. The van der Waals surface area contributed by atoms with Crippen LogP contribution in [0.4, 0.5) is 5.82 Å². The molecule has 0 spiro atoms. The van der Waals surface area contributed by atoms with Gasteiger partial charge >= 0.3 is 0 Å². The van der Waals surface area contributed by atoms with Gasteiger partial charge in [-0.3, -0.25) is 4.79 Å². The van der Waals surface area contributed by atoms with Crippen molar-refractivity contribution < 1.29 is 9.53 Å². The SMILES string of the molecule is CCC(CC)(CC(=O)c1cnn2c1NC(c1ccccc1)CC2(C)C)c1ccc(OCc2ccccc2)cc1. The number of Topliss-reactive ketones (excluding diaryl/α,β-unsaturated/α-hetero) is 1. The molecule has 0 radical (unpaired) electrons. The second-order valence-electron chi connectivity index (χ2n) is 11.3. The summed E-state index contributed by atoms with van der Waals surface area (Å²) < 4.78 is 8.01. The molecular formula is C34H39N3O2. The monoisotopic (exact) mass is 521 g/mol. The van der Waals surface area contributed by atoms with E-state index in [1.165, 1.54) is 11.1 Å². The van der Waals surface area contributed by atoms with Crippen LogP contribution in [0.1, 0.15) is 86.5 Å². The van der Waals surface area contributed by atoms with E-state index in [-0.39, 0.29) is 22.8 Å². The fraction of sp³-hybridized carbons (Fsp3) is 0.353. The van der Waals surface area contributed by atoms with Crippen molar-refractivity contribution >= 4 is 11.6 Å². The molecule has 39 heavy (non-hydrogen) atoms. The van der Waals surface area contributed by atoms with Gasteiger partial charge in [-0.1, -0.05) is 86.6 Å². The summed E-state index contributed by atoms with van der Waals surface area (Å²) in [4.78, 5) is 13.9. The Kier molecular flexibility index (Phi) is 7.60. The molecule has 3 aromatic carbocycles. The van der Waals surface area contributed by atoms with E-state index in [0.717, 1.165) is 36.4 Å². The van der Waals surface area contributed by atoms with Crippen LogP contribution in [-0.4, -0.2) is 15.6 Å². The molecule has 5 heteroatoms. The van der Waals surface area contributed by atoms with Crippen LogP contribution in [0.3, 0.4) is 0 Å². The third-order valence-electron chi connectivity index (χ3n) is 8.43. The number of carbonyl (C=O) groups is 1. The number of carbonyl (C=O) groups excluding carboxylic acids is 1. The molecule has 1 aliphatic rings. The van der Waals surface area contributed by atoms with Crippen LogP contribution in [0.5, 0.6) is 5.75 Å². The van der Waals surface area contributed by atoms with Crippen LogP contribution in [-0.2, 0) is 17.6 Å². The molecule has 202 valence electrons. The Labute approximate surface area is 232 Å². The first kappa shape index (κ1) is 26.7. The molecule has 5 nitrogen and oxygen atoms in total. The van der Waals surface area contributed by atoms with Gasteiger partial charge in [0.05, 0.1) is 23.3 Å². The summed E-state index contributed by atoms with van der Waals surface area (Å²) in [6.45, 7) is 9.27. The molecule has 0 bridgehead atoms. The van der Waals surface area contributed by atoms with Gasteiger partial charge in [0.2, 0.25) is 0 Å². The van der Waals surface area contributed by atoms with Gasteiger partial charge in [-0.05, 0) is 61.9 Å². The van der Waals surface area contributed by atoms with Crippen LogP contribution in [0, 0.1) is 0 Å². The fourth-order valence-electron chi connectivity index (χ4n) is 5.90. The van der Waals surface area contributed by atoms with Crippen LogP contribution in [0.2, 0.25) is 0 Å². The molecule has 2 heterocycles. The van der Waals surface area contributed by atoms with Crippen molar-refractivity contribution in [1.29, 1.82) is 0 Å². The maximum absolute atomic E-state index is 13.9. The molecule has 1 atom stereocenters. The molecule has 4 aromatic rings. The van der Waals surface area contributed by atoms with Crippen LogP contribution in [0.15, 0.2) is 91.1 Å². The molecule has 1 unspecified atom stereocenters. The van der Waals surface area contributed by atoms with Crippen LogP contribution in [0.25, 0.3) is 0 Å². The Morgan fingerprint density at radius 3 is 2.26 bits per heavy atom. The standard InChI is InChI=1S/C34H39N3O2/c1-5-34(6-2,27-17-19-28(20-18-27)39-24-25-13-9-7-10-14-25)22-31(38)29-23-35-37-32(29)36-30(21-33(37,3)4)26-15-11-8-12-16-26/h7-20,23,30,36H,5-6,21-22,24H2,1-4H3. The minimum Gasteiger partial charge on any atom is -0.489 e. The topological polar surface area (TPSA) is 56.2 Å². The maximum Gasteiger partial charge on any atom is 0.169 e. The van der Waals surface area contributed by atoms with E-state index in [0.29, 0.717) is 18.6 Å². The molecular weight excluding hydrogens is 482 g/mol. The van der Waals surface area contributed by atoms with Gasteiger partial charge in [0, 0.05) is 11.8 Å². The second-order valence-corrected chi connectivity index (χ2v) is 11.3. The van der Waals surface area contributed by atoms with Crippen molar-refractivity contribution in [2.45, 2.75) is 77.0 Å². The smallest absolute Gasteiger partial charge is 0.169 e. The predicted molar refractivity (Wildman–Crippen MR) is 157 cm³/mol. The van der Waals surface area contributed by atoms with Crippen molar-refractivity contribution in [2.24, 2.45) is 0 Å². The Bertz CT molecular complexity index is 1390. The van der Waals surface area contributed by atoms with Crippen molar-refractivity contribution in [3.8, 4) is 5.75 Å². The van der Waals surface area contributed by atoms with Gasteiger partial charge in [0.15, 0.2) is 5.78 Å². The number of ether oxygens (including phenoxy) is 1. The predicted octanol–water partition coefficient (Wildman–Crippen LogP) is 8.08. The summed E-state index contributed by atoms with van der Waals surface area (Å²) >= 11 is 0. The van der Waals surface area contributed by atoms with Gasteiger partial charge in [0.25, 0.3) is 0 Å². The van der Waals surface area contributed by atoms with E-state index >= 15 is 0 Å². The number of aromatic nitrogens is 2. The maximum atomic E-state index is 13.9. The number of fused-ring (bicyclic) bond motifs is 1. The quantitative estimate of drug-likeness (QED) is 0.214. The van der Waals surface area contributed by atoms with E-state index in [1.54, 1.807) is 6.20 Å². The highest BCUT2D eigenvalue weighted by atomic mass is 16.5. The normalized spacial score (nSPS) is 16.3. The summed E-state index contributed by atoms with van der Waals surface area (Å²) in [5, 5.41) is 8.34. The van der Waals surface area contributed by atoms with Crippen molar-refractivity contribution in [3.63, 3.8) is 0 Å². The van der Waals surface area contributed by atoms with Crippen LogP contribution >= 0.6 is 0 Å². The molecule has 0 saturated heterocycles. The summed E-state index contributed by atoms with van der Waals surface area (Å²) in [5.41, 5.74) is 3.75. The van der Waals surface area contributed by atoms with Crippen molar-refractivity contribution in [3.05, 3.63) is 113 Å². The molecule has 0 aliphatic carbocycles. The number of ketones is 1. The van der Waals surface area contributed by atoms with E-state index in [9.17, 15) is 4.79 Å². The highest BCUT2D eigenvalue weighted by molar-refractivity contribution is 6.01. The average Bonchev–Trinajstić information content (AvgIpc) is 3.41. The molecule has 1 aliphatic heterocycles. The Hall–Kier alpha value is -3.86. The number of anilines is 1. The number of benzene rings is 3. The first-order chi connectivity index (χ1) is 18.8. The lowest BCUT2D eigenvalue weighted by Crippen LogP contribution is -2.38. The average molecular weight is 522 g/mol. The number of hydrogen-bond donors (Lipinski definition) is 1.